The predicted molar refractivity (Wildman–Crippen MR) is 57.3 cm³/mol. The zero-order valence-electron chi connectivity index (χ0n) is 9.28. The average Bonchev–Trinajstić information content (AvgIpc) is 2.50. The summed E-state index contributed by atoms with van der Waals surface area (Å²) in [6.45, 7) is 8.44. The Morgan fingerprint density at radius 2 is 2.29 bits per heavy atom. The number of hydrogen-bond acceptors (Lipinski definition) is 3. The van der Waals surface area contributed by atoms with Crippen LogP contribution in [-0.2, 0) is 6.54 Å². The molecule has 0 aliphatic rings. The van der Waals surface area contributed by atoms with Crippen molar-refractivity contribution in [1.82, 2.24) is 9.55 Å². The van der Waals surface area contributed by atoms with Crippen LogP contribution in [0.3, 0.4) is 0 Å². The summed E-state index contributed by atoms with van der Waals surface area (Å²) in [5, 5.41) is 12.9. The standard InChI is InChI=1S/C10H19N3O/c1-5-13-7-6-11-9(13)12-8(2)10(3,4)14/h6-8,14H,5H2,1-4H3,(H,11,12). The minimum atomic E-state index is -0.746. The lowest BCUT2D eigenvalue weighted by Crippen LogP contribution is -2.40. The summed E-state index contributed by atoms with van der Waals surface area (Å²) >= 11 is 0. The molecule has 0 bridgehead atoms. The van der Waals surface area contributed by atoms with E-state index in [4.69, 9.17) is 0 Å². The number of aryl methyl sites for hydroxylation is 1. The molecule has 4 nitrogen and oxygen atoms in total. The third kappa shape index (κ3) is 2.48. The molecule has 14 heavy (non-hydrogen) atoms. The lowest BCUT2D eigenvalue weighted by Gasteiger charge is -2.27. The summed E-state index contributed by atoms with van der Waals surface area (Å²) in [7, 11) is 0. The van der Waals surface area contributed by atoms with Gasteiger partial charge in [0.05, 0.1) is 11.6 Å². The minimum absolute atomic E-state index is 0.0322. The average molecular weight is 197 g/mol. The van der Waals surface area contributed by atoms with Crippen LogP contribution in [0.25, 0.3) is 0 Å². The number of rotatable bonds is 4. The van der Waals surface area contributed by atoms with Crippen molar-refractivity contribution in [2.75, 3.05) is 5.32 Å². The summed E-state index contributed by atoms with van der Waals surface area (Å²) < 4.78 is 2.00. The minimum Gasteiger partial charge on any atom is -0.388 e. The Kier molecular flexibility index (Phi) is 3.16. The lowest BCUT2D eigenvalue weighted by atomic mass is 10.0. The Hall–Kier alpha value is -1.03. The van der Waals surface area contributed by atoms with Crippen LogP contribution in [0.4, 0.5) is 5.95 Å². The van der Waals surface area contributed by atoms with Gasteiger partial charge < -0.3 is 15.0 Å². The predicted octanol–water partition coefficient (Wildman–Crippen LogP) is 1.47. The lowest BCUT2D eigenvalue weighted by molar-refractivity contribution is 0.0645. The highest BCUT2D eigenvalue weighted by Crippen LogP contribution is 2.13. The van der Waals surface area contributed by atoms with Gasteiger partial charge in [-0.15, -0.1) is 0 Å². The molecule has 1 atom stereocenters. The van der Waals surface area contributed by atoms with Gasteiger partial charge in [-0.25, -0.2) is 4.98 Å². The molecular weight excluding hydrogens is 178 g/mol. The third-order valence-corrected chi connectivity index (χ3v) is 2.46. The van der Waals surface area contributed by atoms with Crippen molar-refractivity contribution < 1.29 is 5.11 Å². The molecule has 0 aliphatic carbocycles. The number of anilines is 1. The van der Waals surface area contributed by atoms with E-state index in [1.54, 1.807) is 20.0 Å². The van der Waals surface area contributed by atoms with Crippen molar-refractivity contribution >= 4 is 5.95 Å². The maximum atomic E-state index is 9.75. The van der Waals surface area contributed by atoms with E-state index in [0.717, 1.165) is 12.5 Å². The molecule has 0 spiro atoms. The van der Waals surface area contributed by atoms with Crippen LogP contribution in [0.1, 0.15) is 27.7 Å². The van der Waals surface area contributed by atoms with Crippen molar-refractivity contribution in [2.24, 2.45) is 0 Å². The monoisotopic (exact) mass is 197 g/mol. The quantitative estimate of drug-likeness (QED) is 0.768. The summed E-state index contributed by atoms with van der Waals surface area (Å²) in [6.07, 6.45) is 3.67. The highest BCUT2D eigenvalue weighted by atomic mass is 16.3. The number of hydrogen-bond donors (Lipinski definition) is 2. The zero-order valence-corrected chi connectivity index (χ0v) is 9.28. The van der Waals surface area contributed by atoms with Gasteiger partial charge in [-0.3, -0.25) is 0 Å². The molecule has 0 saturated heterocycles. The second-order valence-electron chi connectivity index (χ2n) is 4.06. The summed E-state index contributed by atoms with van der Waals surface area (Å²) in [5.41, 5.74) is -0.746. The van der Waals surface area contributed by atoms with Crippen LogP contribution in [-0.4, -0.2) is 26.3 Å². The summed E-state index contributed by atoms with van der Waals surface area (Å²) in [4.78, 5) is 4.18. The fourth-order valence-electron chi connectivity index (χ4n) is 1.07. The molecule has 1 aromatic rings. The normalized spacial score (nSPS) is 14.1. The van der Waals surface area contributed by atoms with Crippen molar-refractivity contribution in [3.05, 3.63) is 12.4 Å². The van der Waals surface area contributed by atoms with Gasteiger partial charge in [0.25, 0.3) is 0 Å². The topological polar surface area (TPSA) is 50.1 Å². The Bertz CT molecular complexity index is 288. The third-order valence-electron chi connectivity index (χ3n) is 2.46. The number of nitrogens with one attached hydrogen (secondary N) is 1. The van der Waals surface area contributed by atoms with Crippen LogP contribution in [0.2, 0.25) is 0 Å². The Balaban J connectivity index is 2.69. The van der Waals surface area contributed by atoms with E-state index in [1.807, 2.05) is 17.7 Å². The number of aliphatic hydroxyl groups is 1. The first-order chi connectivity index (χ1) is 6.45. The van der Waals surface area contributed by atoms with Gasteiger partial charge in [-0.1, -0.05) is 0 Å². The molecule has 80 valence electrons. The maximum absolute atomic E-state index is 9.75. The first kappa shape index (κ1) is 11.0. The summed E-state index contributed by atoms with van der Waals surface area (Å²) in [6, 6.07) is -0.0322. The van der Waals surface area contributed by atoms with E-state index >= 15 is 0 Å². The number of nitrogens with zero attached hydrogens (tertiary/aromatic N) is 2. The molecule has 4 heteroatoms. The van der Waals surface area contributed by atoms with Gasteiger partial charge in [0.1, 0.15) is 0 Å². The number of aromatic nitrogens is 2. The smallest absolute Gasteiger partial charge is 0.203 e. The molecule has 1 rings (SSSR count). The first-order valence-electron chi connectivity index (χ1n) is 4.95. The molecule has 0 aromatic carbocycles. The van der Waals surface area contributed by atoms with Crippen molar-refractivity contribution in [3.63, 3.8) is 0 Å². The Morgan fingerprint density at radius 3 is 2.79 bits per heavy atom. The maximum Gasteiger partial charge on any atom is 0.203 e. The molecular formula is C10H19N3O. The van der Waals surface area contributed by atoms with Gasteiger partial charge in [-0.2, -0.15) is 0 Å². The largest absolute Gasteiger partial charge is 0.388 e. The SMILES string of the molecule is CCn1ccnc1NC(C)C(C)(C)O. The highest BCUT2D eigenvalue weighted by Gasteiger charge is 2.22. The van der Waals surface area contributed by atoms with Crippen LogP contribution >= 0.6 is 0 Å². The fraction of sp³-hybridized carbons (Fsp3) is 0.700. The second-order valence-corrected chi connectivity index (χ2v) is 4.06. The zero-order chi connectivity index (χ0) is 10.8. The van der Waals surface area contributed by atoms with Gasteiger partial charge in [0.15, 0.2) is 0 Å². The molecule has 0 fully saturated rings. The molecule has 0 saturated carbocycles. The first-order valence-corrected chi connectivity index (χ1v) is 4.95. The van der Waals surface area contributed by atoms with Crippen molar-refractivity contribution in [3.8, 4) is 0 Å². The van der Waals surface area contributed by atoms with Crippen molar-refractivity contribution in [1.29, 1.82) is 0 Å². The highest BCUT2D eigenvalue weighted by molar-refractivity contribution is 5.28. The molecule has 1 heterocycles. The van der Waals surface area contributed by atoms with E-state index < -0.39 is 5.60 Å². The van der Waals surface area contributed by atoms with Crippen LogP contribution < -0.4 is 5.32 Å². The molecule has 0 radical (unpaired) electrons. The van der Waals surface area contributed by atoms with Gasteiger partial charge >= 0.3 is 0 Å². The number of imidazole rings is 1. The Morgan fingerprint density at radius 1 is 1.64 bits per heavy atom. The molecule has 0 amide bonds. The summed E-state index contributed by atoms with van der Waals surface area (Å²) in [5.74, 6) is 0.808. The second kappa shape index (κ2) is 4.00. The van der Waals surface area contributed by atoms with Crippen molar-refractivity contribution in [2.45, 2.75) is 45.9 Å². The van der Waals surface area contributed by atoms with E-state index in [0.29, 0.717) is 0 Å². The van der Waals surface area contributed by atoms with Gasteiger partial charge in [-0.05, 0) is 27.7 Å². The van der Waals surface area contributed by atoms with Crippen LogP contribution in [0.15, 0.2) is 12.4 Å². The van der Waals surface area contributed by atoms with Gasteiger partial charge in [0.2, 0.25) is 5.95 Å². The van der Waals surface area contributed by atoms with E-state index in [1.165, 1.54) is 0 Å². The van der Waals surface area contributed by atoms with Gasteiger partial charge in [0, 0.05) is 18.9 Å². The Labute approximate surface area is 85.0 Å². The molecule has 1 unspecified atom stereocenters. The van der Waals surface area contributed by atoms with E-state index in [-0.39, 0.29) is 6.04 Å². The molecule has 0 aliphatic heterocycles. The van der Waals surface area contributed by atoms with E-state index in [9.17, 15) is 5.11 Å². The molecule has 1 aromatic heterocycles. The van der Waals surface area contributed by atoms with Crippen LogP contribution in [0, 0.1) is 0 Å². The van der Waals surface area contributed by atoms with E-state index in [2.05, 4.69) is 17.2 Å². The molecule has 2 N–H and O–H groups in total. The van der Waals surface area contributed by atoms with Crippen LogP contribution in [0.5, 0.6) is 0 Å². The fourth-order valence-corrected chi connectivity index (χ4v) is 1.07.